The van der Waals surface area contributed by atoms with Crippen LogP contribution in [0.1, 0.15) is 23.0 Å². The van der Waals surface area contributed by atoms with Crippen LogP contribution in [0.3, 0.4) is 0 Å². The second kappa shape index (κ2) is 5.21. The maximum absolute atomic E-state index is 13.2. The quantitative estimate of drug-likeness (QED) is 0.483. The Morgan fingerprint density at radius 1 is 1.00 bits per heavy atom. The van der Waals surface area contributed by atoms with E-state index >= 15 is 0 Å². The minimum atomic E-state index is -0.0715. The molecule has 122 valence electrons. The molecule has 0 aliphatic carbocycles. The number of hydrogen-bond donors (Lipinski definition) is 0. The van der Waals surface area contributed by atoms with Crippen LogP contribution in [-0.4, -0.2) is 11.9 Å². The second-order valence-corrected chi connectivity index (χ2v) is 6.67. The van der Waals surface area contributed by atoms with E-state index in [0.29, 0.717) is 5.76 Å². The van der Waals surface area contributed by atoms with Crippen molar-refractivity contribution in [1.82, 2.24) is 0 Å². The summed E-state index contributed by atoms with van der Waals surface area (Å²) in [7, 11) is 0. The van der Waals surface area contributed by atoms with Gasteiger partial charge in [-0.15, -0.1) is 0 Å². The molecule has 1 aromatic heterocycles. The Balaban J connectivity index is 1.64. The number of amides is 1. The first-order valence-corrected chi connectivity index (χ1v) is 8.55. The molecule has 0 saturated carbocycles. The van der Waals surface area contributed by atoms with E-state index in [0.717, 1.165) is 33.8 Å². The SMILES string of the molecule is CC1Cc2ccccc2N1C(=O)c1cc2c(ccc3ccccc32)o1. The number of benzene rings is 3. The van der Waals surface area contributed by atoms with Crippen molar-refractivity contribution in [3.05, 3.63) is 78.1 Å². The molecule has 0 N–H and O–H groups in total. The van der Waals surface area contributed by atoms with E-state index in [-0.39, 0.29) is 11.9 Å². The van der Waals surface area contributed by atoms with E-state index in [9.17, 15) is 4.79 Å². The third-order valence-corrected chi connectivity index (χ3v) is 5.06. The normalized spacial score (nSPS) is 16.5. The molecule has 1 unspecified atom stereocenters. The number of rotatable bonds is 1. The van der Waals surface area contributed by atoms with Crippen molar-refractivity contribution < 1.29 is 9.21 Å². The van der Waals surface area contributed by atoms with Gasteiger partial charge in [0.1, 0.15) is 5.58 Å². The molecule has 0 saturated heterocycles. The molecule has 1 aliphatic rings. The molecule has 2 heterocycles. The topological polar surface area (TPSA) is 33.5 Å². The summed E-state index contributed by atoms with van der Waals surface area (Å²) in [6.45, 7) is 2.08. The number of hydrogen-bond acceptors (Lipinski definition) is 2. The van der Waals surface area contributed by atoms with Crippen molar-refractivity contribution >= 4 is 33.3 Å². The van der Waals surface area contributed by atoms with Crippen molar-refractivity contribution in [2.75, 3.05) is 4.90 Å². The van der Waals surface area contributed by atoms with Crippen molar-refractivity contribution in [2.24, 2.45) is 0 Å². The highest BCUT2D eigenvalue weighted by Crippen LogP contribution is 2.35. The van der Waals surface area contributed by atoms with E-state index in [1.807, 2.05) is 53.4 Å². The van der Waals surface area contributed by atoms with E-state index in [2.05, 4.69) is 25.1 Å². The summed E-state index contributed by atoms with van der Waals surface area (Å²) in [5.74, 6) is 0.327. The van der Waals surface area contributed by atoms with Crippen LogP contribution >= 0.6 is 0 Å². The summed E-state index contributed by atoms with van der Waals surface area (Å²) in [5, 5.41) is 3.24. The lowest BCUT2D eigenvalue weighted by Crippen LogP contribution is -2.35. The van der Waals surface area contributed by atoms with E-state index in [4.69, 9.17) is 4.42 Å². The van der Waals surface area contributed by atoms with E-state index in [1.165, 1.54) is 5.56 Å². The number of nitrogens with zero attached hydrogens (tertiary/aromatic N) is 1. The molecule has 3 aromatic carbocycles. The van der Waals surface area contributed by atoms with Crippen LogP contribution in [0, 0.1) is 0 Å². The van der Waals surface area contributed by atoms with Crippen LogP contribution in [0.15, 0.2) is 71.1 Å². The number of fused-ring (bicyclic) bond motifs is 4. The van der Waals surface area contributed by atoms with E-state index < -0.39 is 0 Å². The highest BCUT2D eigenvalue weighted by atomic mass is 16.3. The van der Waals surface area contributed by atoms with Gasteiger partial charge in [-0.1, -0.05) is 48.5 Å². The third kappa shape index (κ3) is 2.09. The van der Waals surface area contributed by atoms with Gasteiger partial charge in [0.05, 0.1) is 0 Å². The Kier molecular flexibility index (Phi) is 2.98. The van der Waals surface area contributed by atoms with Gasteiger partial charge >= 0.3 is 0 Å². The number of furan rings is 1. The molecule has 0 radical (unpaired) electrons. The predicted octanol–water partition coefficient (Wildman–Crippen LogP) is 5.18. The Bertz CT molecular complexity index is 1130. The first kappa shape index (κ1) is 14.3. The zero-order valence-corrected chi connectivity index (χ0v) is 13.9. The van der Waals surface area contributed by atoms with Gasteiger partial charge in [-0.3, -0.25) is 4.79 Å². The fourth-order valence-electron chi connectivity index (χ4n) is 3.89. The summed E-state index contributed by atoms with van der Waals surface area (Å²) in [6, 6.07) is 22.2. The summed E-state index contributed by atoms with van der Waals surface area (Å²) in [4.78, 5) is 15.0. The lowest BCUT2D eigenvalue weighted by molar-refractivity contribution is 0.0957. The van der Waals surface area contributed by atoms with Crippen molar-refractivity contribution in [2.45, 2.75) is 19.4 Å². The van der Waals surface area contributed by atoms with Gasteiger partial charge in [0.25, 0.3) is 5.91 Å². The maximum Gasteiger partial charge on any atom is 0.294 e. The highest BCUT2D eigenvalue weighted by molar-refractivity contribution is 6.12. The second-order valence-electron chi connectivity index (χ2n) is 6.67. The first-order chi connectivity index (χ1) is 12.2. The average molecular weight is 327 g/mol. The minimum absolute atomic E-state index is 0.0715. The molecule has 1 amide bonds. The summed E-state index contributed by atoms with van der Waals surface area (Å²) >= 11 is 0. The van der Waals surface area contributed by atoms with Gasteiger partial charge in [0, 0.05) is 17.1 Å². The number of carbonyl (C=O) groups is 1. The fraction of sp³-hybridized carbons (Fsp3) is 0.136. The molecule has 3 heteroatoms. The van der Waals surface area contributed by atoms with Crippen molar-refractivity contribution in [3.8, 4) is 0 Å². The van der Waals surface area contributed by atoms with Gasteiger partial charge in [0.15, 0.2) is 5.76 Å². The van der Waals surface area contributed by atoms with Crippen LogP contribution in [0.25, 0.3) is 21.7 Å². The monoisotopic (exact) mass is 327 g/mol. The molecule has 4 aromatic rings. The third-order valence-electron chi connectivity index (χ3n) is 5.06. The molecule has 0 fully saturated rings. The predicted molar refractivity (Wildman–Crippen MR) is 100 cm³/mol. The smallest absolute Gasteiger partial charge is 0.294 e. The zero-order valence-electron chi connectivity index (χ0n) is 13.9. The highest BCUT2D eigenvalue weighted by Gasteiger charge is 2.32. The van der Waals surface area contributed by atoms with Gasteiger partial charge in [0.2, 0.25) is 0 Å². The molecular weight excluding hydrogens is 310 g/mol. The molecule has 3 nitrogen and oxygen atoms in total. The van der Waals surface area contributed by atoms with Gasteiger partial charge in [-0.25, -0.2) is 0 Å². The summed E-state index contributed by atoms with van der Waals surface area (Å²) in [6.07, 6.45) is 0.880. The Morgan fingerprint density at radius 2 is 1.80 bits per heavy atom. The standard InChI is InChI=1S/C22H17NO2/c1-14-12-16-7-3-5-9-19(16)23(14)22(24)21-13-18-17-8-4-2-6-15(17)10-11-20(18)25-21/h2-11,13-14H,12H2,1H3. The number of carbonyl (C=O) groups excluding carboxylic acids is 1. The summed E-state index contributed by atoms with van der Waals surface area (Å²) < 4.78 is 5.92. The van der Waals surface area contributed by atoms with Crippen LogP contribution < -0.4 is 4.90 Å². The molecule has 0 spiro atoms. The lowest BCUT2D eigenvalue weighted by atomic mass is 10.1. The Hall–Kier alpha value is -3.07. The fourth-order valence-corrected chi connectivity index (χ4v) is 3.89. The molecule has 1 aliphatic heterocycles. The first-order valence-electron chi connectivity index (χ1n) is 8.55. The molecule has 25 heavy (non-hydrogen) atoms. The van der Waals surface area contributed by atoms with Gasteiger partial charge in [-0.2, -0.15) is 0 Å². The van der Waals surface area contributed by atoms with Crippen molar-refractivity contribution in [1.29, 1.82) is 0 Å². The Morgan fingerprint density at radius 3 is 2.72 bits per heavy atom. The summed E-state index contributed by atoms with van der Waals surface area (Å²) in [5.41, 5.74) is 2.96. The number of anilines is 1. The Labute approximate surface area is 145 Å². The average Bonchev–Trinajstić information content (AvgIpc) is 3.21. The van der Waals surface area contributed by atoms with Crippen LogP contribution in [0.4, 0.5) is 5.69 Å². The molecule has 1 atom stereocenters. The van der Waals surface area contributed by atoms with Crippen LogP contribution in [-0.2, 0) is 6.42 Å². The van der Waals surface area contributed by atoms with Gasteiger partial charge in [-0.05, 0) is 47.9 Å². The van der Waals surface area contributed by atoms with Crippen LogP contribution in [0.5, 0.6) is 0 Å². The largest absolute Gasteiger partial charge is 0.451 e. The maximum atomic E-state index is 13.2. The molecule has 0 bridgehead atoms. The van der Waals surface area contributed by atoms with E-state index in [1.54, 1.807) is 0 Å². The lowest BCUT2D eigenvalue weighted by Gasteiger charge is -2.21. The number of para-hydroxylation sites is 1. The molecule has 5 rings (SSSR count). The zero-order chi connectivity index (χ0) is 17.0. The molecular formula is C22H17NO2. The van der Waals surface area contributed by atoms with Crippen LogP contribution in [0.2, 0.25) is 0 Å². The van der Waals surface area contributed by atoms with Crippen molar-refractivity contribution in [3.63, 3.8) is 0 Å². The minimum Gasteiger partial charge on any atom is -0.451 e. The van der Waals surface area contributed by atoms with Gasteiger partial charge < -0.3 is 9.32 Å².